The molecule has 1 aromatic heterocycles. The molecule has 0 bridgehead atoms. The van der Waals surface area contributed by atoms with Crippen molar-refractivity contribution in [2.45, 2.75) is 6.92 Å². The number of carbonyl (C=O) groups excluding carboxylic acids is 1. The van der Waals surface area contributed by atoms with E-state index in [2.05, 4.69) is 0 Å². The standard InChI is InChI=1S/C9H14N2OS/c1-7(6-10)9(12)11(2)8-4-3-5-13-8/h3-5,7H,6,10H2,1-2H3. The lowest BCUT2D eigenvalue weighted by atomic mass is 10.1. The normalized spacial score (nSPS) is 12.5. The maximum atomic E-state index is 11.6. The summed E-state index contributed by atoms with van der Waals surface area (Å²) in [4.78, 5) is 13.3. The molecule has 1 atom stereocenters. The van der Waals surface area contributed by atoms with E-state index >= 15 is 0 Å². The van der Waals surface area contributed by atoms with Crippen LogP contribution in [-0.4, -0.2) is 19.5 Å². The number of thiophene rings is 1. The number of rotatable bonds is 3. The minimum atomic E-state index is -0.105. The maximum Gasteiger partial charge on any atom is 0.231 e. The highest BCUT2D eigenvalue weighted by Gasteiger charge is 2.17. The summed E-state index contributed by atoms with van der Waals surface area (Å²) < 4.78 is 0. The number of carbonyl (C=O) groups is 1. The molecule has 0 saturated heterocycles. The van der Waals surface area contributed by atoms with Crippen LogP contribution in [0.5, 0.6) is 0 Å². The largest absolute Gasteiger partial charge is 0.330 e. The molecule has 0 radical (unpaired) electrons. The van der Waals surface area contributed by atoms with Crippen LogP contribution in [0.25, 0.3) is 0 Å². The average molecular weight is 198 g/mol. The molecule has 0 aliphatic carbocycles. The van der Waals surface area contributed by atoms with Crippen molar-refractivity contribution >= 4 is 22.2 Å². The third kappa shape index (κ3) is 2.29. The Bertz CT molecular complexity index is 271. The molecule has 1 aromatic rings. The van der Waals surface area contributed by atoms with E-state index < -0.39 is 0 Å². The molecule has 13 heavy (non-hydrogen) atoms. The van der Waals surface area contributed by atoms with Crippen LogP contribution in [0.3, 0.4) is 0 Å². The van der Waals surface area contributed by atoms with E-state index in [0.717, 1.165) is 5.00 Å². The summed E-state index contributed by atoms with van der Waals surface area (Å²) in [5.74, 6) is -0.0305. The van der Waals surface area contributed by atoms with Gasteiger partial charge in [0.05, 0.1) is 5.00 Å². The van der Waals surface area contributed by atoms with Gasteiger partial charge in [-0.25, -0.2) is 0 Å². The zero-order valence-electron chi connectivity index (χ0n) is 7.86. The number of anilines is 1. The lowest BCUT2D eigenvalue weighted by Crippen LogP contribution is -2.34. The molecule has 1 unspecified atom stereocenters. The number of hydrogen-bond donors (Lipinski definition) is 1. The lowest BCUT2D eigenvalue weighted by molar-refractivity contribution is -0.121. The van der Waals surface area contributed by atoms with E-state index in [-0.39, 0.29) is 11.8 Å². The van der Waals surface area contributed by atoms with Crippen molar-refractivity contribution in [3.05, 3.63) is 17.5 Å². The Labute approximate surface area is 82.2 Å². The predicted octanol–water partition coefficient (Wildman–Crippen LogP) is 1.31. The Morgan fingerprint density at radius 1 is 1.77 bits per heavy atom. The highest BCUT2D eigenvalue weighted by Crippen LogP contribution is 2.20. The molecule has 1 heterocycles. The Balaban J connectivity index is 2.68. The summed E-state index contributed by atoms with van der Waals surface area (Å²) in [5, 5.41) is 2.91. The zero-order valence-corrected chi connectivity index (χ0v) is 8.67. The van der Waals surface area contributed by atoms with Gasteiger partial charge in [-0.05, 0) is 17.5 Å². The highest BCUT2D eigenvalue weighted by molar-refractivity contribution is 7.14. The van der Waals surface area contributed by atoms with Crippen LogP contribution < -0.4 is 10.6 Å². The molecular weight excluding hydrogens is 184 g/mol. The van der Waals surface area contributed by atoms with Crippen molar-refractivity contribution in [3.63, 3.8) is 0 Å². The van der Waals surface area contributed by atoms with Crippen LogP contribution in [0.1, 0.15) is 6.92 Å². The topological polar surface area (TPSA) is 46.3 Å². The SMILES string of the molecule is CC(CN)C(=O)N(C)c1cccs1. The van der Waals surface area contributed by atoms with Crippen LogP contribution in [0, 0.1) is 5.92 Å². The van der Waals surface area contributed by atoms with Crippen molar-refractivity contribution in [3.8, 4) is 0 Å². The smallest absolute Gasteiger partial charge is 0.231 e. The van der Waals surface area contributed by atoms with Gasteiger partial charge in [0, 0.05) is 19.5 Å². The second-order valence-corrected chi connectivity index (χ2v) is 3.91. The molecule has 1 rings (SSSR count). The lowest BCUT2D eigenvalue weighted by Gasteiger charge is -2.18. The minimum Gasteiger partial charge on any atom is -0.330 e. The Morgan fingerprint density at radius 3 is 2.92 bits per heavy atom. The number of amides is 1. The van der Waals surface area contributed by atoms with Gasteiger partial charge in [-0.1, -0.05) is 6.92 Å². The second-order valence-electron chi connectivity index (χ2n) is 2.99. The van der Waals surface area contributed by atoms with Crippen molar-refractivity contribution in [1.29, 1.82) is 0 Å². The van der Waals surface area contributed by atoms with Gasteiger partial charge in [-0.15, -0.1) is 11.3 Å². The first-order chi connectivity index (χ1) is 6.16. The molecule has 3 nitrogen and oxygen atoms in total. The summed E-state index contributed by atoms with van der Waals surface area (Å²) in [6, 6.07) is 3.85. The summed E-state index contributed by atoms with van der Waals surface area (Å²) in [5.41, 5.74) is 5.42. The summed E-state index contributed by atoms with van der Waals surface area (Å²) in [7, 11) is 1.78. The molecule has 4 heteroatoms. The number of nitrogens with two attached hydrogens (primary N) is 1. The monoisotopic (exact) mass is 198 g/mol. The quantitative estimate of drug-likeness (QED) is 0.796. The van der Waals surface area contributed by atoms with E-state index in [1.54, 1.807) is 23.3 Å². The van der Waals surface area contributed by atoms with Crippen molar-refractivity contribution in [2.24, 2.45) is 11.7 Å². The van der Waals surface area contributed by atoms with Crippen LogP contribution in [0.2, 0.25) is 0 Å². The number of hydrogen-bond acceptors (Lipinski definition) is 3. The third-order valence-electron chi connectivity index (χ3n) is 1.94. The molecule has 0 aliphatic heterocycles. The summed E-state index contributed by atoms with van der Waals surface area (Å²) in [6.07, 6.45) is 0. The van der Waals surface area contributed by atoms with Gasteiger partial charge in [0.2, 0.25) is 5.91 Å². The van der Waals surface area contributed by atoms with E-state index in [9.17, 15) is 4.79 Å². The van der Waals surface area contributed by atoms with E-state index in [1.165, 1.54) is 0 Å². The van der Waals surface area contributed by atoms with Gasteiger partial charge in [-0.2, -0.15) is 0 Å². The van der Waals surface area contributed by atoms with Crippen molar-refractivity contribution in [2.75, 3.05) is 18.5 Å². The van der Waals surface area contributed by atoms with Gasteiger partial charge in [0.25, 0.3) is 0 Å². The first-order valence-electron chi connectivity index (χ1n) is 4.18. The average Bonchev–Trinajstić information content (AvgIpc) is 2.67. The predicted molar refractivity (Wildman–Crippen MR) is 55.9 cm³/mol. The Hall–Kier alpha value is -0.870. The molecule has 0 aromatic carbocycles. The van der Waals surface area contributed by atoms with Crippen molar-refractivity contribution < 1.29 is 4.79 Å². The van der Waals surface area contributed by atoms with Crippen LogP contribution in [0.4, 0.5) is 5.00 Å². The van der Waals surface area contributed by atoms with E-state index in [1.807, 2.05) is 24.4 Å². The fourth-order valence-electron chi connectivity index (χ4n) is 1.00. The molecule has 2 N–H and O–H groups in total. The maximum absolute atomic E-state index is 11.6. The van der Waals surface area contributed by atoms with Gasteiger partial charge in [0.1, 0.15) is 0 Å². The molecule has 1 amide bonds. The zero-order chi connectivity index (χ0) is 9.84. The molecule has 0 aliphatic rings. The Kier molecular flexibility index (Phi) is 3.45. The van der Waals surface area contributed by atoms with E-state index in [4.69, 9.17) is 5.73 Å². The van der Waals surface area contributed by atoms with Gasteiger partial charge >= 0.3 is 0 Å². The van der Waals surface area contributed by atoms with Crippen molar-refractivity contribution in [1.82, 2.24) is 0 Å². The Morgan fingerprint density at radius 2 is 2.46 bits per heavy atom. The van der Waals surface area contributed by atoms with Crippen LogP contribution >= 0.6 is 11.3 Å². The summed E-state index contributed by atoms with van der Waals surface area (Å²) >= 11 is 1.55. The first-order valence-corrected chi connectivity index (χ1v) is 5.06. The summed E-state index contributed by atoms with van der Waals surface area (Å²) in [6.45, 7) is 2.24. The van der Waals surface area contributed by atoms with E-state index in [0.29, 0.717) is 6.54 Å². The van der Waals surface area contributed by atoms with Gasteiger partial charge in [0.15, 0.2) is 0 Å². The molecule has 0 fully saturated rings. The molecule has 0 saturated carbocycles. The van der Waals surface area contributed by atoms with Crippen LogP contribution in [0.15, 0.2) is 17.5 Å². The second kappa shape index (κ2) is 4.39. The highest BCUT2D eigenvalue weighted by atomic mass is 32.1. The minimum absolute atomic E-state index is 0.0740. The third-order valence-corrected chi connectivity index (χ3v) is 2.89. The first kappa shape index (κ1) is 10.2. The van der Waals surface area contributed by atoms with Crippen LogP contribution in [-0.2, 0) is 4.79 Å². The molecule has 72 valence electrons. The molecular formula is C9H14N2OS. The number of nitrogens with zero attached hydrogens (tertiary/aromatic N) is 1. The molecule has 0 spiro atoms. The fourth-order valence-corrected chi connectivity index (χ4v) is 1.70. The fraction of sp³-hybridized carbons (Fsp3) is 0.444. The van der Waals surface area contributed by atoms with Gasteiger partial charge in [-0.3, -0.25) is 4.79 Å². The van der Waals surface area contributed by atoms with Gasteiger partial charge < -0.3 is 10.6 Å².